The largest absolute Gasteiger partial charge is 0.380 e. The van der Waals surface area contributed by atoms with Crippen molar-refractivity contribution in [2.45, 2.75) is 6.54 Å². The quantitative estimate of drug-likeness (QED) is 0.887. The van der Waals surface area contributed by atoms with E-state index in [-0.39, 0.29) is 17.7 Å². The molecular formula is C14H8Cl2F2N2. The van der Waals surface area contributed by atoms with E-state index >= 15 is 0 Å². The Morgan fingerprint density at radius 3 is 2.30 bits per heavy atom. The summed E-state index contributed by atoms with van der Waals surface area (Å²) < 4.78 is 27.4. The van der Waals surface area contributed by atoms with Gasteiger partial charge in [0.25, 0.3) is 0 Å². The van der Waals surface area contributed by atoms with Crippen molar-refractivity contribution in [3.8, 4) is 6.07 Å². The van der Waals surface area contributed by atoms with Gasteiger partial charge in [0, 0.05) is 17.1 Å². The van der Waals surface area contributed by atoms with Gasteiger partial charge < -0.3 is 5.32 Å². The molecule has 0 heterocycles. The first-order valence-corrected chi connectivity index (χ1v) is 6.34. The van der Waals surface area contributed by atoms with E-state index in [1.807, 2.05) is 0 Å². The number of halogens is 4. The molecule has 2 aromatic rings. The van der Waals surface area contributed by atoms with Crippen molar-refractivity contribution in [2.24, 2.45) is 0 Å². The van der Waals surface area contributed by atoms with Gasteiger partial charge in [0.05, 0.1) is 22.3 Å². The molecule has 0 saturated carbocycles. The second-order valence-electron chi connectivity index (χ2n) is 4.01. The predicted octanol–water partition coefficient (Wildman–Crippen LogP) is 4.76. The number of hydrogen-bond donors (Lipinski definition) is 1. The molecule has 0 saturated heterocycles. The molecule has 2 nitrogen and oxygen atoms in total. The van der Waals surface area contributed by atoms with Crippen molar-refractivity contribution in [1.29, 1.82) is 5.26 Å². The van der Waals surface area contributed by atoms with Gasteiger partial charge in [-0.1, -0.05) is 23.2 Å². The number of hydrogen-bond acceptors (Lipinski definition) is 2. The molecule has 0 radical (unpaired) electrons. The number of anilines is 1. The van der Waals surface area contributed by atoms with Crippen molar-refractivity contribution in [2.75, 3.05) is 5.32 Å². The molecule has 6 heteroatoms. The number of benzene rings is 2. The number of nitrogens with zero attached hydrogens (tertiary/aromatic N) is 1. The van der Waals surface area contributed by atoms with Crippen molar-refractivity contribution >= 4 is 28.9 Å². The first kappa shape index (κ1) is 14.6. The molecule has 0 aliphatic rings. The molecule has 102 valence electrons. The minimum atomic E-state index is -0.779. The normalized spacial score (nSPS) is 10.2. The van der Waals surface area contributed by atoms with Gasteiger partial charge in [0.1, 0.15) is 11.6 Å². The predicted molar refractivity (Wildman–Crippen MR) is 74.9 cm³/mol. The van der Waals surface area contributed by atoms with Crippen LogP contribution in [0, 0.1) is 23.0 Å². The van der Waals surface area contributed by atoms with E-state index in [4.69, 9.17) is 28.5 Å². The summed E-state index contributed by atoms with van der Waals surface area (Å²) in [5.41, 5.74) is 0.294. The third kappa shape index (κ3) is 3.19. The minimum absolute atomic E-state index is 0.0618. The second-order valence-corrected chi connectivity index (χ2v) is 4.85. The van der Waals surface area contributed by atoms with E-state index in [1.165, 1.54) is 6.07 Å². The Balaban J connectivity index is 2.21. The third-order valence-corrected chi connectivity index (χ3v) is 3.20. The lowest BCUT2D eigenvalue weighted by Gasteiger charge is -2.10. The van der Waals surface area contributed by atoms with Gasteiger partial charge in [0.15, 0.2) is 0 Å². The minimum Gasteiger partial charge on any atom is -0.380 e. The smallest absolute Gasteiger partial charge is 0.132 e. The van der Waals surface area contributed by atoms with E-state index in [1.54, 1.807) is 18.2 Å². The summed E-state index contributed by atoms with van der Waals surface area (Å²) >= 11 is 11.7. The SMILES string of the molecule is N#Cc1cc(F)c(CNc2ccc(Cl)cc2Cl)c(F)c1. The molecule has 0 bridgehead atoms. The van der Waals surface area contributed by atoms with Crippen molar-refractivity contribution in [3.63, 3.8) is 0 Å². The molecular weight excluding hydrogens is 305 g/mol. The highest BCUT2D eigenvalue weighted by Gasteiger charge is 2.11. The Morgan fingerprint density at radius 1 is 1.10 bits per heavy atom. The van der Waals surface area contributed by atoms with Crippen LogP contribution < -0.4 is 5.32 Å². The monoisotopic (exact) mass is 312 g/mol. The maximum atomic E-state index is 13.7. The summed E-state index contributed by atoms with van der Waals surface area (Å²) in [4.78, 5) is 0. The fourth-order valence-corrected chi connectivity index (χ4v) is 2.13. The summed E-state index contributed by atoms with van der Waals surface area (Å²) in [6.45, 7) is -0.0925. The van der Waals surface area contributed by atoms with Crippen LogP contribution in [0.25, 0.3) is 0 Å². The van der Waals surface area contributed by atoms with Crippen molar-refractivity contribution in [1.82, 2.24) is 0 Å². The molecule has 0 amide bonds. The summed E-state index contributed by atoms with van der Waals surface area (Å²) in [5, 5.41) is 12.3. The maximum Gasteiger partial charge on any atom is 0.132 e. The summed E-state index contributed by atoms with van der Waals surface area (Å²) in [5.74, 6) is -1.56. The van der Waals surface area contributed by atoms with Crippen LogP contribution in [-0.4, -0.2) is 0 Å². The number of nitriles is 1. The molecule has 0 aromatic heterocycles. The molecule has 1 N–H and O–H groups in total. The molecule has 0 atom stereocenters. The Morgan fingerprint density at radius 2 is 1.75 bits per heavy atom. The molecule has 2 aromatic carbocycles. The summed E-state index contributed by atoms with van der Waals surface area (Å²) in [6.07, 6.45) is 0. The Kier molecular flexibility index (Phi) is 4.43. The lowest BCUT2D eigenvalue weighted by molar-refractivity contribution is 0.559. The van der Waals surface area contributed by atoms with Crippen molar-refractivity contribution in [3.05, 3.63) is 63.1 Å². The second kappa shape index (κ2) is 6.08. The summed E-state index contributed by atoms with van der Waals surface area (Å²) in [7, 11) is 0. The van der Waals surface area contributed by atoms with Gasteiger partial charge in [-0.15, -0.1) is 0 Å². The van der Waals surface area contributed by atoms with Crippen LogP contribution in [0.1, 0.15) is 11.1 Å². The van der Waals surface area contributed by atoms with E-state index in [0.29, 0.717) is 15.7 Å². The number of rotatable bonds is 3. The fourth-order valence-electron chi connectivity index (χ4n) is 1.65. The fraction of sp³-hybridized carbons (Fsp3) is 0.0714. The number of nitrogens with one attached hydrogen (secondary N) is 1. The van der Waals surface area contributed by atoms with Crippen LogP contribution in [0.5, 0.6) is 0 Å². The lowest BCUT2D eigenvalue weighted by atomic mass is 10.1. The Labute approximate surface area is 124 Å². The molecule has 0 spiro atoms. The first-order valence-electron chi connectivity index (χ1n) is 5.58. The zero-order valence-corrected chi connectivity index (χ0v) is 11.6. The first-order chi connectivity index (χ1) is 9.51. The van der Waals surface area contributed by atoms with Gasteiger partial charge >= 0.3 is 0 Å². The summed E-state index contributed by atoms with van der Waals surface area (Å²) in [6, 6.07) is 8.42. The average Bonchev–Trinajstić information content (AvgIpc) is 2.39. The Hall–Kier alpha value is -1.83. The lowest BCUT2D eigenvalue weighted by Crippen LogP contribution is -2.05. The van der Waals surface area contributed by atoms with Crippen molar-refractivity contribution < 1.29 is 8.78 Å². The zero-order chi connectivity index (χ0) is 14.7. The molecule has 0 fully saturated rings. The van der Waals surface area contributed by atoms with Gasteiger partial charge in [-0.25, -0.2) is 8.78 Å². The average molecular weight is 313 g/mol. The van der Waals surface area contributed by atoms with Crippen LogP contribution in [0.15, 0.2) is 30.3 Å². The van der Waals surface area contributed by atoms with E-state index in [0.717, 1.165) is 12.1 Å². The van der Waals surface area contributed by atoms with Crippen LogP contribution >= 0.6 is 23.2 Å². The molecule has 2 rings (SSSR count). The van der Waals surface area contributed by atoms with E-state index in [2.05, 4.69) is 5.32 Å². The van der Waals surface area contributed by atoms with Crippen LogP contribution in [0.2, 0.25) is 10.0 Å². The molecule has 0 aliphatic heterocycles. The van der Waals surface area contributed by atoms with Crippen LogP contribution in [0.3, 0.4) is 0 Å². The molecule has 0 unspecified atom stereocenters. The third-order valence-electron chi connectivity index (χ3n) is 2.66. The van der Waals surface area contributed by atoms with E-state index < -0.39 is 11.6 Å². The highest BCUT2D eigenvalue weighted by atomic mass is 35.5. The van der Waals surface area contributed by atoms with E-state index in [9.17, 15) is 8.78 Å². The highest BCUT2D eigenvalue weighted by Crippen LogP contribution is 2.26. The van der Waals surface area contributed by atoms with Gasteiger partial charge in [0.2, 0.25) is 0 Å². The van der Waals surface area contributed by atoms with Gasteiger partial charge in [-0.2, -0.15) is 5.26 Å². The van der Waals surface area contributed by atoms with Gasteiger partial charge in [-0.3, -0.25) is 0 Å². The highest BCUT2D eigenvalue weighted by molar-refractivity contribution is 6.36. The van der Waals surface area contributed by atoms with Crippen LogP contribution in [-0.2, 0) is 6.54 Å². The standard InChI is InChI=1S/C14H8Cl2F2N2/c15-9-1-2-14(11(16)5-9)20-7-10-12(17)3-8(6-19)4-13(10)18/h1-5,20H,7H2. The van der Waals surface area contributed by atoms with Crippen LogP contribution in [0.4, 0.5) is 14.5 Å². The maximum absolute atomic E-state index is 13.7. The Bertz CT molecular complexity index is 673. The van der Waals surface area contributed by atoms with Gasteiger partial charge in [-0.05, 0) is 30.3 Å². The molecule has 0 aliphatic carbocycles. The topological polar surface area (TPSA) is 35.8 Å². The molecule has 20 heavy (non-hydrogen) atoms. The zero-order valence-electron chi connectivity index (χ0n) is 10.1.